The molecule has 2 aromatic carbocycles. The predicted octanol–water partition coefficient (Wildman–Crippen LogP) is 3.94. The molecule has 1 N–H and O–H groups in total. The highest BCUT2D eigenvalue weighted by atomic mass is 35.5. The minimum absolute atomic E-state index is 0.244. The number of nitrogens with one attached hydrogen (secondary N) is 1. The van der Waals surface area contributed by atoms with Crippen LogP contribution in [0.2, 0.25) is 5.02 Å². The van der Waals surface area contributed by atoms with Gasteiger partial charge in [0.15, 0.2) is 5.11 Å². The SMILES string of the molecule is CCNC(=S)N1CCN(C(c2ccccc2)c2ccc(Cl)cc2)CC1. The highest BCUT2D eigenvalue weighted by Crippen LogP contribution is 2.30. The van der Waals surface area contributed by atoms with E-state index in [0.29, 0.717) is 0 Å². The Balaban J connectivity index is 1.79. The van der Waals surface area contributed by atoms with E-state index in [1.165, 1.54) is 11.1 Å². The summed E-state index contributed by atoms with van der Waals surface area (Å²) in [5.74, 6) is 0. The lowest BCUT2D eigenvalue weighted by atomic mass is 9.96. The Hall–Kier alpha value is -1.62. The van der Waals surface area contributed by atoms with Crippen LogP contribution in [0.15, 0.2) is 54.6 Å². The maximum absolute atomic E-state index is 6.09. The van der Waals surface area contributed by atoms with E-state index in [9.17, 15) is 0 Å². The Morgan fingerprint density at radius 3 is 2.20 bits per heavy atom. The molecule has 1 aliphatic heterocycles. The minimum atomic E-state index is 0.244. The molecule has 132 valence electrons. The Bertz CT molecular complexity index is 682. The number of rotatable bonds is 4. The zero-order chi connectivity index (χ0) is 17.6. The zero-order valence-corrected chi connectivity index (χ0v) is 16.1. The summed E-state index contributed by atoms with van der Waals surface area (Å²) in [7, 11) is 0. The quantitative estimate of drug-likeness (QED) is 0.818. The van der Waals surface area contributed by atoms with Gasteiger partial charge in [-0.05, 0) is 42.4 Å². The number of piperazine rings is 1. The van der Waals surface area contributed by atoms with Crippen molar-refractivity contribution in [1.29, 1.82) is 0 Å². The van der Waals surface area contributed by atoms with Gasteiger partial charge in [-0.1, -0.05) is 54.1 Å². The molecular weight excluding hydrogens is 350 g/mol. The van der Waals surface area contributed by atoms with Crippen LogP contribution in [-0.4, -0.2) is 47.6 Å². The smallest absolute Gasteiger partial charge is 0.169 e. The fraction of sp³-hybridized carbons (Fsp3) is 0.350. The van der Waals surface area contributed by atoms with Crippen LogP contribution in [0.25, 0.3) is 0 Å². The van der Waals surface area contributed by atoms with Crippen molar-refractivity contribution >= 4 is 28.9 Å². The molecular formula is C20H24ClN3S. The second-order valence-corrected chi connectivity index (χ2v) is 7.05. The first kappa shape index (κ1) is 18.2. The van der Waals surface area contributed by atoms with Gasteiger partial charge in [0.2, 0.25) is 0 Å². The maximum atomic E-state index is 6.09. The van der Waals surface area contributed by atoms with E-state index >= 15 is 0 Å². The Morgan fingerprint density at radius 2 is 1.60 bits per heavy atom. The highest BCUT2D eigenvalue weighted by Gasteiger charge is 2.27. The summed E-state index contributed by atoms with van der Waals surface area (Å²) in [5.41, 5.74) is 2.59. The van der Waals surface area contributed by atoms with Crippen molar-refractivity contribution in [2.24, 2.45) is 0 Å². The van der Waals surface area contributed by atoms with Crippen molar-refractivity contribution in [1.82, 2.24) is 15.1 Å². The molecule has 25 heavy (non-hydrogen) atoms. The fourth-order valence-electron chi connectivity index (χ4n) is 3.34. The molecule has 3 rings (SSSR count). The average Bonchev–Trinajstić information content (AvgIpc) is 2.65. The second kappa shape index (κ2) is 8.65. The van der Waals surface area contributed by atoms with Crippen LogP contribution in [0, 0.1) is 0 Å². The summed E-state index contributed by atoms with van der Waals surface area (Å²) < 4.78 is 0. The summed E-state index contributed by atoms with van der Waals surface area (Å²) in [6.07, 6.45) is 0. The van der Waals surface area contributed by atoms with Crippen molar-refractivity contribution in [2.45, 2.75) is 13.0 Å². The third-order valence-corrected chi connectivity index (χ3v) is 5.25. The van der Waals surface area contributed by atoms with E-state index in [4.69, 9.17) is 23.8 Å². The molecule has 0 bridgehead atoms. The van der Waals surface area contributed by atoms with Crippen LogP contribution in [0.1, 0.15) is 24.1 Å². The zero-order valence-electron chi connectivity index (χ0n) is 14.5. The predicted molar refractivity (Wildman–Crippen MR) is 109 cm³/mol. The van der Waals surface area contributed by atoms with Gasteiger partial charge in [0.1, 0.15) is 0 Å². The normalized spacial score (nSPS) is 16.5. The molecule has 0 spiro atoms. The van der Waals surface area contributed by atoms with E-state index in [1.54, 1.807) is 0 Å². The van der Waals surface area contributed by atoms with Gasteiger partial charge in [-0.25, -0.2) is 0 Å². The summed E-state index contributed by atoms with van der Waals surface area (Å²) in [5, 5.41) is 4.89. The van der Waals surface area contributed by atoms with Gasteiger partial charge in [-0.3, -0.25) is 4.90 Å². The number of benzene rings is 2. The van der Waals surface area contributed by atoms with E-state index in [-0.39, 0.29) is 6.04 Å². The van der Waals surface area contributed by atoms with Crippen LogP contribution in [0.3, 0.4) is 0 Å². The van der Waals surface area contributed by atoms with Crippen LogP contribution in [-0.2, 0) is 0 Å². The van der Waals surface area contributed by atoms with Crippen molar-refractivity contribution in [3.05, 3.63) is 70.7 Å². The Kier molecular flexibility index (Phi) is 6.29. The third-order valence-electron chi connectivity index (χ3n) is 4.60. The van der Waals surface area contributed by atoms with Gasteiger partial charge in [0.25, 0.3) is 0 Å². The van der Waals surface area contributed by atoms with E-state index < -0.39 is 0 Å². The molecule has 3 nitrogen and oxygen atoms in total. The van der Waals surface area contributed by atoms with Gasteiger partial charge in [-0.15, -0.1) is 0 Å². The van der Waals surface area contributed by atoms with E-state index in [1.807, 2.05) is 12.1 Å². The van der Waals surface area contributed by atoms with Gasteiger partial charge >= 0.3 is 0 Å². The highest BCUT2D eigenvalue weighted by molar-refractivity contribution is 7.80. The first-order valence-corrected chi connectivity index (χ1v) is 9.55. The van der Waals surface area contributed by atoms with Crippen LogP contribution >= 0.6 is 23.8 Å². The fourth-order valence-corrected chi connectivity index (χ4v) is 3.79. The first-order chi connectivity index (χ1) is 12.2. The van der Waals surface area contributed by atoms with Crippen molar-refractivity contribution in [3.8, 4) is 0 Å². The van der Waals surface area contributed by atoms with Gasteiger partial charge in [0, 0.05) is 37.7 Å². The second-order valence-electron chi connectivity index (χ2n) is 6.22. The molecule has 5 heteroatoms. The molecule has 1 atom stereocenters. The standard InChI is InChI=1S/C20H24ClN3S/c1-2-22-20(25)24-14-12-23(13-15-24)19(16-6-4-3-5-7-16)17-8-10-18(21)11-9-17/h3-11,19H,2,12-15H2,1H3,(H,22,25). The number of thiocarbonyl (C=S) groups is 1. The molecule has 1 heterocycles. The Labute approximate surface area is 160 Å². The number of hydrogen-bond donors (Lipinski definition) is 1. The molecule has 0 aromatic heterocycles. The number of halogens is 1. The van der Waals surface area contributed by atoms with E-state index in [2.05, 4.69) is 64.5 Å². The topological polar surface area (TPSA) is 18.5 Å². The van der Waals surface area contributed by atoms with Gasteiger partial charge in [-0.2, -0.15) is 0 Å². The summed E-state index contributed by atoms with van der Waals surface area (Å²) in [6.45, 7) is 6.80. The molecule has 2 aromatic rings. The third kappa shape index (κ3) is 4.51. The lowest BCUT2D eigenvalue weighted by Crippen LogP contribution is -2.52. The van der Waals surface area contributed by atoms with Crippen LogP contribution < -0.4 is 5.32 Å². The van der Waals surface area contributed by atoms with E-state index in [0.717, 1.165) is 42.9 Å². The number of hydrogen-bond acceptors (Lipinski definition) is 2. The monoisotopic (exact) mass is 373 g/mol. The minimum Gasteiger partial charge on any atom is -0.363 e. The summed E-state index contributed by atoms with van der Waals surface area (Å²) in [4.78, 5) is 4.79. The maximum Gasteiger partial charge on any atom is 0.169 e. The van der Waals surface area contributed by atoms with Crippen LogP contribution in [0.5, 0.6) is 0 Å². The summed E-state index contributed by atoms with van der Waals surface area (Å²) >= 11 is 11.6. The van der Waals surface area contributed by atoms with Crippen LogP contribution in [0.4, 0.5) is 0 Å². The molecule has 1 unspecified atom stereocenters. The van der Waals surface area contributed by atoms with Gasteiger partial charge in [0.05, 0.1) is 6.04 Å². The molecule has 0 aliphatic carbocycles. The van der Waals surface area contributed by atoms with Crippen molar-refractivity contribution < 1.29 is 0 Å². The van der Waals surface area contributed by atoms with Crippen molar-refractivity contribution in [3.63, 3.8) is 0 Å². The summed E-state index contributed by atoms with van der Waals surface area (Å²) in [6, 6.07) is 19.1. The molecule has 1 fully saturated rings. The average molecular weight is 374 g/mol. The Morgan fingerprint density at radius 1 is 1.00 bits per heavy atom. The lowest BCUT2D eigenvalue weighted by Gasteiger charge is -2.40. The molecule has 1 aliphatic rings. The molecule has 0 radical (unpaired) electrons. The van der Waals surface area contributed by atoms with Crippen molar-refractivity contribution in [2.75, 3.05) is 32.7 Å². The van der Waals surface area contributed by atoms with Gasteiger partial charge < -0.3 is 10.2 Å². The number of nitrogens with zero attached hydrogens (tertiary/aromatic N) is 2. The first-order valence-electron chi connectivity index (χ1n) is 8.76. The lowest BCUT2D eigenvalue weighted by molar-refractivity contribution is 0.149. The largest absolute Gasteiger partial charge is 0.363 e. The molecule has 1 saturated heterocycles. The molecule has 0 amide bonds. The molecule has 0 saturated carbocycles.